The number of carbonyl (C=O) groups excluding carboxylic acids is 1. The number of hydrogen-bond donors (Lipinski definition) is 1. The molecule has 5 heteroatoms. The number of thioether (sulfide) groups is 1. The molecule has 0 spiro atoms. The first kappa shape index (κ1) is 17.8. The molecule has 132 valence electrons. The van der Waals surface area contributed by atoms with Gasteiger partial charge in [-0.15, -0.1) is 11.8 Å². The Bertz CT molecular complexity index is 684. The Kier molecular flexibility index (Phi) is 6.34. The number of aromatic nitrogens is 1. The maximum atomic E-state index is 12.5. The molecule has 1 aliphatic heterocycles. The van der Waals surface area contributed by atoms with E-state index in [-0.39, 0.29) is 5.91 Å². The number of rotatable bonds is 6. The van der Waals surface area contributed by atoms with Crippen LogP contribution in [-0.2, 0) is 0 Å². The van der Waals surface area contributed by atoms with Crippen molar-refractivity contribution in [2.45, 2.75) is 24.7 Å². The van der Waals surface area contributed by atoms with E-state index in [2.05, 4.69) is 28.2 Å². The summed E-state index contributed by atoms with van der Waals surface area (Å²) in [5, 5.41) is 3.14. The zero-order chi connectivity index (χ0) is 17.5. The van der Waals surface area contributed by atoms with E-state index >= 15 is 0 Å². The largest absolute Gasteiger partial charge is 0.357 e. The van der Waals surface area contributed by atoms with Crippen LogP contribution in [0.4, 0.5) is 5.82 Å². The highest BCUT2D eigenvalue weighted by atomic mass is 32.2. The third-order valence-electron chi connectivity index (χ3n) is 4.57. The maximum absolute atomic E-state index is 12.5. The Morgan fingerprint density at radius 1 is 1.20 bits per heavy atom. The molecule has 3 rings (SSSR count). The van der Waals surface area contributed by atoms with Gasteiger partial charge in [0.2, 0.25) is 0 Å². The van der Waals surface area contributed by atoms with Crippen LogP contribution in [0.1, 0.15) is 30.1 Å². The smallest absolute Gasteiger partial charge is 0.252 e. The summed E-state index contributed by atoms with van der Waals surface area (Å²) in [6.07, 6.45) is 4.01. The van der Waals surface area contributed by atoms with Crippen molar-refractivity contribution in [2.24, 2.45) is 5.92 Å². The van der Waals surface area contributed by atoms with Gasteiger partial charge >= 0.3 is 0 Å². The molecule has 1 N–H and O–H groups in total. The van der Waals surface area contributed by atoms with E-state index in [1.807, 2.05) is 42.6 Å². The van der Waals surface area contributed by atoms with E-state index in [9.17, 15) is 4.79 Å². The Labute approximate surface area is 154 Å². The summed E-state index contributed by atoms with van der Waals surface area (Å²) < 4.78 is 0. The van der Waals surface area contributed by atoms with Crippen molar-refractivity contribution < 1.29 is 4.79 Å². The van der Waals surface area contributed by atoms with Gasteiger partial charge < -0.3 is 10.2 Å². The molecule has 2 heterocycles. The van der Waals surface area contributed by atoms with Gasteiger partial charge in [-0.25, -0.2) is 4.98 Å². The molecule has 1 aromatic carbocycles. The molecule has 1 saturated heterocycles. The number of carbonyl (C=O) groups is 1. The van der Waals surface area contributed by atoms with Crippen LogP contribution in [0.2, 0.25) is 0 Å². The Hall–Kier alpha value is -2.01. The van der Waals surface area contributed by atoms with Gasteiger partial charge in [0.1, 0.15) is 5.82 Å². The van der Waals surface area contributed by atoms with E-state index < -0.39 is 0 Å². The molecular weight excluding hydrogens is 330 g/mol. The minimum absolute atomic E-state index is 0.0451. The Morgan fingerprint density at radius 2 is 1.96 bits per heavy atom. The van der Waals surface area contributed by atoms with Gasteiger partial charge in [0.25, 0.3) is 5.91 Å². The average molecular weight is 356 g/mol. The van der Waals surface area contributed by atoms with Gasteiger partial charge in [-0.3, -0.25) is 4.79 Å². The summed E-state index contributed by atoms with van der Waals surface area (Å²) in [5.74, 6) is 2.60. The highest BCUT2D eigenvalue weighted by Crippen LogP contribution is 2.23. The van der Waals surface area contributed by atoms with E-state index in [0.717, 1.165) is 54.5 Å². The van der Waals surface area contributed by atoms with Gasteiger partial charge in [-0.2, -0.15) is 0 Å². The lowest BCUT2D eigenvalue weighted by Crippen LogP contribution is -2.39. The van der Waals surface area contributed by atoms with E-state index in [1.54, 1.807) is 11.8 Å². The van der Waals surface area contributed by atoms with Gasteiger partial charge in [0.15, 0.2) is 0 Å². The lowest BCUT2D eigenvalue weighted by molar-refractivity contribution is 0.0942. The van der Waals surface area contributed by atoms with Crippen molar-refractivity contribution in [1.29, 1.82) is 0 Å². The van der Waals surface area contributed by atoms with Crippen LogP contribution in [0.5, 0.6) is 0 Å². The van der Waals surface area contributed by atoms with Crippen LogP contribution >= 0.6 is 11.8 Å². The minimum atomic E-state index is 0.0451. The number of piperidine rings is 1. The first-order chi connectivity index (χ1) is 12.3. The van der Waals surface area contributed by atoms with Gasteiger partial charge in [-0.1, -0.05) is 25.1 Å². The summed E-state index contributed by atoms with van der Waals surface area (Å²) in [4.78, 5) is 20.3. The minimum Gasteiger partial charge on any atom is -0.357 e. The fourth-order valence-corrected chi connectivity index (χ4v) is 3.98. The predicted octanol–water partition coefficient (Wildman–Crippen LogP) is 3.84. The maximum Gasteiger partial charge on any atom is 0.252 e. The molecule has 0 atom stereocenters. The van der Waals surface area contributed by atoms with E-state index in [4.69, 9.17) is 0 Å². The zero-order valence-corrected chi connectivity index (χ0v) is 15.5. The molecule has 0 saturated carbocycles. The second-order valence-electron chi connectivity index (χ2n) is 6.26. The van der Waals surface area contributed by atoms with E-state index in [1.165, 1.54) is 0 Å². The molecule has 0 aliphatic carbocycles. The summed E-state index contributed by atoms with van der Waals surface area (Å²) >= 11 is 1.72. The van der Waals surface area contributed by atoms with Crippen molar-refractivity contribution >= 4 is 23.5 Å². The Morgan fingerprint density at radius 3 is 2.68 bits per heavy atom. The topological polar surface area (TPSA) is 45.2 Å². The molecule has 1 aliphatic rings. The second-order valence-corrected chi connectivity index (χ2v) is 7.56. The van der Waals surface area contributed by atoms with Crippen molar-refractivity contribution in [3.63, 3.8) is 0 Å². The molecule has 1 fully saturated rings. The number of amides is 1. The third kappa shape index (κ3) is 4.75. The molecule has 0 unspecified atom stereocenters. The molecule has 0 radical (unpaired) electrons. The number of pyridine rings is 1. The van der Waals surface area contributed by atoms with Crippen LogP contribution in [0, 0.1) is 5.92 Å². The molecule has 1 aromatic heterocycles. The van der Waals surface area contributed by atoms with Gasteiger partial charge in [0, 0.05) is 30.7 Å². The van der Waals surface area contributed by atoms with Crippen LogP contribution in [0.25, 0.3) is 0 Å². The zero-order valence-electron chi connectivity index (χ0n) is 14.6. The number of anilines is 1. The first-order valence-corrected chi connectivity index (χ1v) is 9.92. The average Bonchev–Trinajstić information content (AvgIpc) is 2.68. The second kappa shape index (κ2) is 8.90. The Balaban J connectivity index is 1.49. The standard InChI is InChI=1S/C20H25N3OS/c1-2-25-18-8-4-3-7-17(18)20(24)22-15-16-10-13-23(14-11-16)19-9-5-6-12-21-19/h3-9,12,16H,2,10-11,13-15H2,1H3,(H,22,24). The van der Waals surface area contributed by atoms with Gasteiger partial charge in [-0.05, 0) is 48.8 Å². The first-order valence-electron chi connectivity index (χ1n) is 8.94. The predicted molar refractivity (Wildman–Crippen MR) is 104 cm³/mol. The van der Waals surface area contributed by atoms with Crippen LogP contribution in [0.3, 0.4) is 0 Å². The molecule has 0 bridgehead atoms. The SMILES string of the molecule is CCSc1ccccc1C(=O)NCC1CCN(c2ccccn2)CC1. The van der Waals surface area contributed by atoms with Crippen molar-refractivity contribution in [1.82, 2.24) is 10.3 Å². The number of hydrogen-bond acceptors (Lipinski definition) is 4. The quantitative estimate of drug-likeness (QED) is 0.800. The van der Waals surface area contributed by atoms with Crippen LogP contribution in [-0.4, -0.2) is 36.3 Å². The number of nitrogens with zero attached hydrogens (tertiary/aromatic N) is 2. The van der Waals surface area contributed by atoms with Crippen molar-refractivity contribution in [3.05, 3.63) is 54.2 Å². The summed E-state index contributed by atoms with van der Waals surface area (Å²) in [7, 11) is 0. The van der Waals surface area contributed by atoms with Crippen LogP contribution < -0.4 is 10.2 Å². The van der Waals surface area contributed by atoms with Crippen molar-refractivity contribution in [3.8, 4) is 0 Å². The highest BCUT2D eigenvalue weighted by Gasteiger charge is 2.21. The molecule has 2 aromatic rings. The normalized spacial score (nSPS) is 15.2. The van der Waals surface area contributed by atoms with Gasteiger partial charge in [0.05, 0.1) is 5.56 Å². The summed E-state index contributed by atoms with van der Waals surface area (Å²) in [6, 6.07) is 13.9. The monoisotopic (exact) mass is 355 g/mol. The number of benzene rings is 1. The van der Waals surface area contributed by atoms with Crippen LogP contribution in [0.15, 0.2) is 53.6 Å². The molecule has 1 amide bonds. The summed E-state index contributed by atoms with van der Waals surface area (Å²) in [6.45, 7) is 4.86. The molecule has 4 nitrogen and oxygen atoms in total. The lowest BCUT2D eigenvalue weighted by atomic mass is 9.96. The fourth-order valence-electron chi connectivity index (χ4n) is 3.17. The highest BCUT2D eigenvalue weighted by molar-refractivity contribution is 7.99. The van der Waals surface area contributed by atoms with Crippen molar-refractivity contribution in [2.75, 3.05) is 30.3 Å². The molecular formula is C20H25N3OS. The summed E-state index contributed by atoms with van der Waals surface area (Å²) in [5.41, 5.74) is 0.792. The van der Waals surface area contributed by atoms with E-state index in [0.29, 0.717) is 5.92 Å². The third-order valence-corrected chi connectivity index (χ3v) is 5.53. The lowest BCUT2D eigenvalue weighted by Gasteiger charge is -2.32. The molecule has 25 heavy (non-hydrogen) atoms. The fraction of sp³-hybridized carbons (Fsp3) is 0.400. The number of nitrogens with one attached hydrogen (secondary N) is 1.